The fraction of sp³-hybridized carbons (Fsp3) is 0.667. The molecule has 1 aliphatic carbocycles. The first-order chi connectivity index (χ1) is 9.77. The third kappa shape index (κ3) is 4.02. The van der Waals surface area contributed by atoms with Gasteiger partial charge in [0, 0.05) is 6.04 Å². The minimum Gasteiger partial charge on any atom is -0.384 e. The van der Waals surface area contributed by atoms with Crippen molar-refractivity contribution < 1.29 is 13.2 Å². The summed E-state index contributed by atoms with van der Waals surface area (Å²) in [5.74, 6) is 1.06. The Bertz CT molecular complexity index is 486. The molecule has 1 aromatic heterocycles. The fourth-order valence-corrected chi connectivity index (χ4v) is 3.12. The highest BCUT2D eigenvalue weighted by Gasteiger charge is 2.32. The van der Waals surface area contributed by atoms with Gasteiger partial charge in [-0.15, -0.1) is 0 Å². The molecule has 0 aliphatic heterocycles. The highest BCUT2D eigenvalue weighted by atomic mass is 19.4. The molecule has 0 saturated heterocycles. The normalized spacial score (nSPS) is 23.3. The van der Waals surface area contributed by atoms with Gasteiger partial charge in [-0.05, 0) is 36.8 Å². The van der Waals surface area contributed by atoms with Crippen LogP contribution in [0.5, 0.6) is 0 Å². The zero-order valence-electron chi connectivity index (χ0n) is 12.4. The largest absolute Gasteiger partial charge is 0.416 e. The summed E-state index contributed by atoms with van der Waals surface area (Å²) in [6, 6.07) is 2.07. The number of nitrogens with one attached hydrogen (secondary N) is 1. The second-order valence-electron chi connectivity index (χ2n) is 6.11. The number of hydrogen-bond donors (Lipinski definition) is 2. The van der Waals surface area contributed by atoms with Crippen molar-refractivity contribution in [1.29, 1.82) is 0 Å². The molecule has 1 heterocycles. The van der Waals surface area contributed by atoms with Crippen molar-refractivity contribution in [2.24, 2.45) is 11.8 Å². The van der Waals surface area contributed by atoms with E-state index in [2.05, 4.69) is 24.1 Å². The zero-order chi connectivity index (χ0) is 15.6. The van der Waals surface area contributed by atoms with Gasteiger partial charge in [-0.25, -0.2) is 4.98 Å². The molecular weight excluding hydrogens is 279 g/mol. The van der Waals surface area contributed by atoms with E-state index in [0.717, 1.165) is 31.4 Å². The number of nitrogens with two attached hydrogens (primary N) is 1. The summed E-state index contributed by atoms with van der Waals surface area (Å²) in [5, 5.41) is 3.17. The first kappa shape index (κ1) is 15.9. The Morgan fingerprint density at radius 2 is 1.90 bits per heavy atom. The van der Waals surface area contributed by atoms with Crippen molar-refractivity contribution >= 4 is 11.6 Å². The minimum absolute atomic E-state index is 0.107. The van der Waals surface area contributed by atoms with Gasteiger partial charge in [0.2, 0.25) is 0 Å². The van der Waals surface area contributed by atoms with E-state index in [-0.39, 0.29) is 17.7 Å². The van der Waals surface area contributed by atoms with Crippen LogP contribution in [0.2, 0.25) is 0 Å². The quantitative estimate of drug-likeness (QED) is 0.874. The van der Waals surface area contributed by atoms with Crippen molar-refractivity contribution in [3.63, 3.8) is 0 Å². The summed E-state index contributed by atoms with van der Waals surface area (Å²) in [7, 11) is 0. The Morgan fingerprint density at radius 3 is 2.52 bits per heavy atom. The van der Waals surface area contributed by atoms with Gasteiger partial charge < -0.3 is 11.1 Å². The topological polar surface area (TPSA) is 50.9 Å². The van der Waals surface area contributed by atoms with E-state index < -0.39 is 11.7 Å². The maximum atomic E-state index is 12.8. The van der Waals surface area contributed by atoms with Gasteiger partial charge in [0.25, 0.3) is 0 Å². The van der Waals surface area contributed by atoms with Crippen molar-refractivity contribution in [1.82, 2.24) is 4.98 Å². The van der Waals surface area contributed by atoms with E-state index in [1.165, 1.54) is 6.42 Å². The van der Waals surface area contributed by atoms with Crippen LogP contribution in [0.15, 0.2) is 12.1 Å². The molecule has 1 aliphatic rings. The SMILES string of the molecule is CC(C)C1CCCCC1Nc1cc(C(F)(F)F)cc(N)n1. The molecule has 3 N–H and O–H groups in total. The highest BCUT2D eigenvalue weighted by Crippen LogP contribution is 2.34. The van der Waals surface area contributed by atoms with E-state index in [9.17, 15) is 13.2 Å². The van der Waals surface area contributed by atoms with Crippen LogP contribution in [0.4, 0.5) is 24.8 Å². The van der Waals surface area contributed by atoms with Gasteiger partial charge in [-0.3, -0.25) is 0 Å². The van der Waals surface area contributed by atoms with Gasteiger partial charge >= 0.3 is 6.18 Å². The lowest BCUT2D eigenvalue weighted by atomic mass is 9.78. The van der Waals surface area contributed by atoms with Gasteiger partial charge in [-0.2, -0.15) is 13.2 Å². The molecule has 0 bridgehead atoms. The summed E-state index contributed by atoms with van der Waals surface area (Å²) < 4.78 is 38.5. The molecule has 2 unspecified atom stereocenters. The molecule has 0 radical (unpaired) electrons. The summed E-state index contributed by atoms with van der Waals surface area (Å²) in [6.45, 7) is 4.30. The lowest BCUT2D eigenvalue weighted by molar-refractivity contribution is -0.137. The molecule has 6 heteroatoms. The molecule has 0 spiro atoms. The number of pyridine rings is 1. The van der Waals surface area contributed by atoms with Crippen LogP contribution >= 0.6 is 0 Å². The van der Waals surface area contributed by atoms with Crippen LogP contribution in [0.3, 0.4) is 0 Å². The molecular formula is C15H22F3N3. The smallest absolute Gasteiger partial charge is 0.384 e. The maximum absolute atomic E-state index is 12.8. The number of nitrogen functional groups attached to an aromatic ring is 1. The average Bonchev–Trinajstić information content (AvgIpc) is 2.37. The molecule has 3 nitrogen and oxygen atoms in total. The lowest BCUT2D eigenvalue weighted by Gasteiger charge is -2.35. The lowest BCUT2D eigenvalue weighted by Crippen LogP contribution is -2.35. The number of anilines is 2. The van der Waals surface area contributed by atoms with E-state index in [0.29, 0.717) is 11.8 Å². The highest BCUT2D eigenvalue weighted by molar-refractivity contribution is 5.48. The summed E-state index contributed by atoms with van der Waals surface area (Å²) >= 11 is 0. The van der Waals surface area contributed by atoms with Crippen LogP contribution < -0.4 is 11.1 Å². The average molecular weight is 301 g/mol. The van der Waals surface area contributed by atoms with E-state index >= 15 is 0 Å². The summed E-state index contributed by atoms with van der Waals surface area (Å²) in [6.07, 6.45) is -0.0729. The fourth-order valence-electron chi connectivity index (χ4n) is 3.12. The molecule has 2 atom stereocenters. The van der Waals surface area contributed by atoms with Crippen molar-refractivity contribution in [3.05, 3.63) is 17.7 Å². The van der Waals surface area contributed by atoms with Crippen LogP contribution in [0, 0.1) is 11.8 Å². The third-order valence-corrected chi connectivity index (χ3v) is 4.18. The van der Waals surface area contributed by atoms with Gasteiger partial charge in [0.15, 0.2) is 0 Å². The van der Waals surface area contributed by atoms with Gasteiger partial charge in [0.1, 0.15) is 11.6 Å². The first-order valence-corrected chi connectivity index (χ1v) is 7.38. The molecule has 0 aromatic carbocycles. The first-order valence-electron chi connectivity index (χ1n) is 7.38. The number of hydrogen-bond acceptors (Lipinski definition) is 3. The second-order valence-corrected chi connectivity index (χ2v) is 6.11. The predicted octanol–water partition coefficient (Wildman–Crippen LogP) is 4.31. The van der Waals surface area contributed by atoms with Crippen LogP contribution in [0.1, 0.15) is 45.1 Å². The van der Waals surface area contributed by atoms with Crippen LogP contribution in [0.25, 0.3) is 0 Å². The Morgan fingerprint density at radius 1 is 1.24 bits per heavy atom. The second kappa shape index (κ2) is 6.12. The zero-order valence-corrected chi connectivity index (χ0v) is 12.4. The monoisotopic (exact) mass is 301 g/mol. The van der Waals surface area contributed by atoms with Crippen molar-refractivity contribution in [2.45, 2.75) is 51.7 Å². The molecule has 2 rings (SSSR count). The van der Waals surface area contributed by atoms with Crippen molar-refractivity contribution in [3.8, 4) is 0 Å². The number of aromatic nitrogens is 1. The van der Waals surface area contributed by atoms with Gasteiger partial charge in [0.05, 0.1) is 5.56 Å². The van der Waals surface area contributed by atoms with Gasteiger partial charge in [-0.1, -0.05) is 26.7 Å². The summed E-state index contributed by atoms with van der Waals surface area (Å²) in [5.41, 5.74) is 4.75. The Kier molecular flexibility index (Phi) is 4.64. The van der Waals surface area contributed by atoms with Crippen LogP contribution in [-0.4, -0.2) is 11.0 Å². The standard InChI is InChI=1S/C15H22F3N3/c1-9(2)11-5-3-4-6-12(11)20-14-8-10(15(16,17)18)7-13(19)21-14/h7-9,11-12H,3-6H2,1-2H3,(H3,19,20,21). The molecule has 0 amide bonds. The maximum Gasteiger partial charge on any atom is 0.416 e. The number of halogens is 3. The molecule has 1 saturated carbocycles. The Balaban J connectivity index is 2.20. The molecule has 1 fully saturated rings. The van der Waals surface area contributed by atoms with E-state index in [4.69, 9.17) is 5.73 Å². The molecule has 118 valence electrons. The number of nitrogens with zero attached hydrogens (tertiary/aromatic N) is 1. The number of rotatable bonds is 3. The van der Waals surface area contributed by atoms with E-state index in [1.54, 1.807) is 0 Å². The molecule has 21 heavy (non-hydrogen) atoms. The Labute approximate surface area is 123 Å². The summed E-state index contributed by atoms with van der Waals surface area (Å²) in [4.78, 5) is 4.00. The van der Waals surface area contributed by atoms with Crippen molar-refractivity contribution in [2.75, 3.05) is 11.1 Å². The van der Waals surface area contributed by atoms with E-state index in [1.807, 2.05) is 0 Å². The number of alkyl halides is 3. The molecule has 1 aromatic rings. The minimum atomic E-state index is -4.41. The van der Waals surface area contributed by atoms with Crippen LogP contribution in [-0.2, 0) is 6.18 Å². The Hall–Kier alpha value is -1.46. The predicted molar refractivity (Wildman–Crippen MR) is 77.9 cm³/mol. The third-order valence-electron chi connectivity index (χ3n) is 4.18.